The van der Waals surface area contributed by atoms with Crippen LogP contribution in [0, 0.1) is 40.4 Å². The molecule has 5 nitrogen and oxygen atoms in total. The molecule has 0 aromatic heterocycles. The first-order chi connectivity index (χ1) is 15.2. The topological polar surface area (TPSA) is 79.2 Å². The Morgan fingerprint density at radius 3 is 2.53 bits per heavy atom. The highest BCUT2D eigenvalue weighted by atomic mass is 16.7. The van der Waals surface area contributed by atoms with Crippen LogP contribution in [0.15, 0.2) is 11.6 Å². The standard InChI is InChI=1S/C27H42O5/c1-16-23-22(31-27(16)11-10-26(14-28,15-29)32-27)13-21-19-5-4-17-12-18(30)6-8-24(17,2)20(19)7-9-25(21,23)3/h4,16,18-23,28-30H,5-15H2,1-3H3/t16-,18-,19+,20-,21-,22-,23-,24-,25-,27+/m0/s1. The number of rotatable bonds is 2. The molecule has 32 heavy (non-hydrogen) atoms. The van der Waals surface area contributed by atoms with Gasteiger partial charge in [-0.05, 0) is 85.9 Å². The summed E-state index contributed by atoms with van der Waals surface area (Å²) in [5, 5.41) is 30.0. The largest absolute Gasteiger partial charge is 0.393 e. The molecular formula is C27H42O5. The molecule has 2 aliphatic heterocycles. The quantitative estimate of drug-likeness (QED) is 0.562. The third-order valence-electron chi connectivity index (χ3n) is 11.6. The molecule has 5 heteroatoms. The van der Waals surface area contributed by atoms with Gasteiger partial charge in [0, 0.05) is 12.3 Å². The van der Waals surface area contributed by atoms with E-state index in [-0.39, 0.29) is 42.2 Å². The molecule has 4 aliphatic carbocycles. The SMILES string of the molecule is C[C@H]1[C@H]2[C@H](C[C@H]3[C@@H]4CC=C5C[C@@H](O)CC[C@]5(C)[C@H]4CC[C@]23C)O[C@@]12CCC(CO)(CO)O2. The van der Waals surface area contributed by atoms with Crippen molar-refractivity contribution in [2.75, 3.05) is 13.2 Å². The second kappa shape index (κ2) is 7.04. The Balaban J connectivity index is 1.28. The van der Waals surface area contributed by atoms with E-state index in [2.05, 4.69) is 26.8 Å². The van der Waals surface area contributed by atoms with E-state index in [1.165, 1.54) is 18.4 Å². The van der Waals surface area contributed by atoms with Crippen LogP contribution in [-0.4, -0.2) is 52.1 Å². The number of ether oxygens (including phenoxy) is 2. The van der Waals surface area contributed by atoms with E-state index in [9.17, 15) is 15.3 Å². The van der Waals surface area contributed by atoms with Gasteiger partial charge in [0.15, 0.2) is 5.79 Å². The predicted molar refractivity (Wildman–Crippen MR) is 121 cm³/mol. The average Bonchev–Trinajstić information content (AvgIpc) is 3.39. The molecule has 6 aliphatic rings. The molecule has 0 unspecified atom stereocenters. The van der Waals surface area contributed by atoms with Gasteiger partial charge in [-0.15, -0.1) is 0 Å². The predicted octanol–water partition coefficient (Wildman–Crippen LogP) is 3.80. The fourth-order valence-electron chi connectivity index (χ4n) is 9.87. The Labute approximate surface area is 192 Å². The fraction of sp³-hybridized carbons (Fsp3) is 0.926. The van der Waals surface area contributed by atoms with E-state index < -0.39 is 11.4 Å². The molecule has 1 spiro atoms. The van der Waals surface area contributed by atoms with Crippen LogP contribution < -0.4 is 0 Å². The van der Waals surface area contributed by atoms with Gasteiger partial charge >= 0.3 is 0 Å². The molecule has 6 rings (SSSR count). The van der Waals surface area contributed by atoms with Crippen molar-refractivity contribution < 1.29 is 24.8 Å². The van der Waals surface area contributed by atoms with Crippen molar-refractivity contribution in [3.8, 4) is 0 Å². The normalized spacial score (nSPS) is 55.8. The van der Waals surface area contributed by atoms with Gasteiger partial charge in [-0.1, -0.05) is 32.4 Å². The van der Waals surface area contributed by atoms with Gasteiger partial charge in [0.2, 0.25) is 0 Å². The van der Waals surface area contributed by atoms with Crippen molar-refractivity contribution in [1.29, 1.82) is 0 Å². The minimum Gasteiger partial charge on any atom is -0.393 e. The smallest absolute Gasteiger partial charge is 0.172 e. The summed E-state index contributed by atoms with van der Waals surface area (Å²) in [5.41, 5.74) is 1.21. The molecular weight excluding hydrogens is 404 g/mol. The zero-order chi connectivity index (χ0) is 22.5. The molecule has 10 atom stereocenters. The van der Waals surface area contributed by atoms with Gasteiger partial charge in [0.25, 0.3) is 0 Å². The molecule has 180 valence electrons. The van der Waals surface area contributed by atoms with Crippen LogP contribution in [-0.2, 0) is 9.47 Å². The number of fused-ring (bicyclic) bond motifs is 7. The van der Waals surface area contributed by atoms with Crippen LogP contribution >= 0.6 is 0 Å². The lowest BCUT2D eigenvalue weighted by atomic mass is 9.47. The van der Waals surface area contributed by atoms with E-state index in [1.54, 1.807) is 0 Å². The van der Waals surface area contributed by atoms with Crippen LogP contribution in [0.25, 0.3) is 0 Å². The summed E-state index contributed by atoms with van der Waals surface area (Å²) in [6, 6.07) is 0. The maximum atomic E-state index is 10.3. The third kappa shape index (κ3) is 2.69. The summed E-state index contributed by atoms with van der Waals surface area (Å²) in [6.45, 7) is 7.02. The van der Waals surface area contributed by atoms with E-state index in [0.29, 0.717) is 24.2 Å². The van der Waals surface area contributed by atoms with Crippen molar-refractivity contribution in [3.05, 3.63) is 11.6 Å². The highest BCUT2D eigenvalue weighted by Crippen LogP contribution is 2.71. The maximum absolute atomic E-state index is 10.3. The van der Waals surface area contributed by atoms with E-state index >= 15 is 0 Å². The van der Waals surface area contributed by atoms with Gasteiger partial charge in [-0.25, -0.2) is 0 Å². The van der Waals surface area contributed by atoms with E-state index in [0.717, 1.165) is 44.4 Å². The van der Waals surface area contributed by atoms with Crippen LogP contribution in [0.2, 0.25) is 0 Å². The van der Waals surface area contributed by atoms with Gasteiger partial charge in [0.05, 0.1) is 25.4 Å². The maximum Gasteiger partial charge on any atom is 0.172 e. The van der Waals surface area contributed by atoms with Crippen molar-refractivity contribution >= 4 is 0 Å². The highest BCUT2D eigenvalue weighted by Gasteiger charge is 2.70. The summed E-state index contributed by atoms with van der Waals surface area (Å²) in [6.07, 6.45) is 11.8. The van der Waals surface area contributed by atoms with Gasteiger partial charge in [-0.3, -0.25) is 0 Å². The first-order valence-corrected chi connectivity index (χ1v) is 13.2. The highest BCUT2D eigenvalue weighted by molar-refractivity contribution is 5.26. The van der Waals surface area contributed by atoms with Gasteiger partial charge < -0.3 is 24.8 Å². The minimum absolute atomic E-state index is 0.146. The van der Waals surface area contributed by atoms with Crippen LogP contribution in [0.3, 0.4) is 0 Å². The minimum atomic E-state index is -0.852. The van der Waals surface area contributed by atoms with Crippen molar-refractivity contribution in [3.63, 3.8) is 0 Å². The van der Waals surface area contributed by atoms with Crippen LogP contribution in [0.1, 0.15) is 78.6 Å². The van der Waals surface area contributed by atoms with Crippen molar-refractivity contribution in [2.45, 2.75) is 102 Å². The Bertz CT molecular complexity index is 806. The lowest BCUT2D eigenvalue weighted by Crippen LogP contribution is -2.52. The lowest BCUT2D eigenvalue weighted by Gasteiger charge is -2.58. The molecule has 0 amide bonds. The van der Waals surface area contributed by atoms with E-state index in [4.69, 9.17) is 9.47 Å². The number of aliphatic hydroxyl groups excluding tert-OH is 3. The van der Waals surface area contributed by atoms with Gasteiger partial charge in [-0.2, -0.15) is 0 Å². The zero-order valence-electron chi connectivity index (χ0n) is 20.1. The molecule has 0 radical (unpaired) electrons. The van der Waals surface area contributed by atoms with Crippen molar-refractivity contribution in [1.82, 2.24) is 0 Å². The second-order valence-corrected chi connectivity index (χ2v) is 12.8. The molecule has 0 aromatic rings. The molecule has 3 N–H and O–H groups in total. The summed E-state index contributed by atoms with van der Waals surface area (Å²) in [4.78, 5) is 0. The molecule has 2 heterocycles. The summed E-state index contributed by atoms with van der Waals surface area (Å²) >= 11 is 0. The molecule has 2 saturated heterocycles. The van der Waals surface area contributed by atoms with Crippen LogP contribution in [0.5, 0.6) is 0 Å². The Morgan fingerprint density at radius 2 is 1.81 bits per heavy atom. The number of hydrogen-bond acceptors (Lipinski definition) is 5. The Kier molecular flexibility index (Phi) is 4.84. The van der Waals surface area contributed by atoms with Crippen molar-refractivity contribution in [2.24, 2.45) is 40.4 Å². The van der Waals surface area contributed by atoms with E-state index in [1.807, 2.05) is 0 Å². The number of allylic oxidation sites excluding steroid dienone is 1. The summed E-state index contributed by atoms with van der Waals surface area (Å²) in [7, 11) is 0. The third-order valence-corrected chi connectivity index (χ3v) is 11.6. The summed E-state index contributed by atoms with van der Waals surface area (Å²) in [5.74, 6) is 2.24. The average molecular weight is 447 g/mol. The summed E-state index contributed by atoms with van der Waals surface area (Å²) < 4.78 is 13.2. The monoisotopic (exact) mass is 446 g/mol. The molecule has 0 bridgehead atoms. The number of aliphatic hydroxyl groups is 3. The first-order valence-electron chi connectivity index (χ1n) is 13.2. The first kappa shape index (κ1) is 22.0. The Hall–Kier alpha value is -0.460. The number of hydrogen-bond donors (Lipinski definition) is 3. The molecule has 5 fully saturated rings. The fourth-order valence-corrected chi connectivity index (χ4v) is 9.87. The second-order valence-electron chi connectivity index (χ2n) is 12.8. The molecule has 3 saturated carbocycles. The molecule has 0 aromatic carbocycles. The Morgan fingerprint density at radius 1 is 1.03 bits per heavy atom. The lowest BCUT2D eigenvalue weighted by molar-refractivity contribution is -0.271. The van der Waals surface area contributed by atoms with Gasteiger partial charge in [0.1, 0.15) is 5.60 Å². The zero-order valence-corrected chi connectivity index (χ0v) is 20.1. The van der Waals surface area contributed by atoms with Crippen LogP contribution in [0.4, 0.5) is 0 Å².